The Morgan fingerprint density at radius 1 is 1.21 bits per heavy atom. The lowest BCUT2D eigenvalue weighted by atomic mass is 10.1. The minimum Gasteiger partial charge on any atom is -0.494 e. The molecule has 2 heterocycles. The SMILES string of the molecule is COc1cc2c(c3cccnc13)O[C@@H](COS(=O)(=O)c1ccc(C)cc1)CO2. The second kappa shape index (κ2) is 7.29. The normalized spacial score (nSPS) is 16.1. The Balaban J connectivity index is 1.54. The predicted octanol–water partition coefficient (Wildman–Crippen LogP) is 3.10. The van der Waals surface area contributed by atoms with Gasteiger partial charge in [-0.25, -0.2) is 0 Å². The van der Waals surface area contributed by atoms with E-state index in [-0.39, 0.29) is 18.1 Å². The van der Waals surface area contributed by atoms with Gasteiger partial charge in [0.05, 0.1) is 12.0 Å². The Bertz CT molecular complexity index is 1110. The summed E-state index contributed by atoms with van der Waals surface area (Å²) in [5.41, 5.74) is 1.61. The smallest absolute Gasteiger partial charge is 0.297 e. The van der Waals surface area contributed by atoms with Crippen LogP contribution in [0.4, 0.5) is 0 Å². The predicted molar refractivity (Wildman–Crippen MR) is 103 cm³/mol. The van der Waals surface area contributed by atoms with Crippen LogP contribution < -0.4 is 14.2 Å². The Morgan fingerprint density at radius 3 is 2.75 bits per heavy atom. The zero-order valence-electron chi connectivity index (χ0n) is 15.4. The molecule has 2 aromatic carbocycles. The molecule has 0 spiro atoms. The summed E-state index contributed by atoms with van der Waals surface area (Å²) in [5, 5.41) is 0.725. The van der Waals surface area contributed by atoms with Crippen LogP contribution >= 0.6 is 0 Å². The van der Waals surface area contributed by atoms with Crippen molar-refractivity contribution in [2.45, 2.75) is 17.9 Å². The summed E-state index contributed by atoms with van der Waals surface area (Å²) in [7, 11) is -2.31. The lowest BCUT2D eigenvalue weighted by Crippen LogP contribution is -2.34. The minimum absolute atomic E-state index is 0.106. The van der Waals surface area contributed by atoms with E-state index in [4.69, 9.17) is 18.4 Å². The van der Waals surface area contributed by atoms with E-state index in [1.807, 2.05) is 13.0 Å². The second-order valence-corrected chi connectivity index (χ2v) is 8.02. The van der Waals surface area contributed by atoms with Gasteiger partial charge in [0.25, 0.3) is 10.1 Å². The van der Waals surface area contributed by atoms with Gasteiger partial charge in [0, 0.05) is 17.6 Å². The summed E-state index contributed by atoms with van der Waals surface area (Å²) in [6.07, 6.45) is 1.08. The van der Waals surface area contributed by atoms with Gasteiger partial charge in [0.15, 0.2) is 17.6 Å². The number of ether oxygens (including phenoxy) is 3. The molecule has 1 atom stereocenters. The highest BCUT2D eigenvalue weighted by Gasteiger charge is 2.27. The molecule has 1 aliphatic rings. The van der Waals surface area contributed by atoms with Crippen molar-refractivity contribution < 1.29 is 26.8 Å². The van der Waals surface area contributed by atoms with E-state index in [9.17, 15) is 8.42 Å². The van der Waals surface area contributed by atoms with Crippen molar-refractivity contribution in [3.63, 3.8) is 0 Å². The molecule has 0 saturated heterocycles. The number of aryl methyl sites for hydroxylation is 1. The van der Waals surface area contributed by atoms with Gasteiger partial charge in [-0.2, -0.15) is 8.42 Å². The van der Waals surface area contributed by atoms with Gasteiger partial charge in [-0.15, -0.1) is 0 Å². The lowest BCUT2D eigenvalue weighted by Gasteiger charge is -2.27. The molecule has 4 rings (SSSR count). The molecule has 0 bridgehead atoms. The molecule has 3 aromatic rings. The molecule has 0 radical (unpaired) electrons. The van der Waals surface area contributed by atoms with Gasteiger partial charge < -0.3 is 14.2 Å². The van der Waals surface area contributed by atoms with Crippen LogP contribution in [-0.2, 0) is 14.3 Å². The molecule has 0 amide bonds. The second-order valence-electron chi connectivity index (χ2n) is 6.41. The largest absolute Gasteiger partial charge is 0.494 e. The van der Waals surface area contributed by atoms with Gasteiger partial charge in [-0.05, 0) is 31.2 Å². The fraction of sp³-hybridized carbons (Fsp3) is 0.250. The third kappa shape index (κ3) is 3.48. The fourth-order valence-electron chi connectivity index (χ4n) is 2.96. The molecule has 146 valence electrons. The Morgan fingerprint density at radius 2 is 2.00 bits per heavy atom. The van der Waals surface area contributed by atoms with Crippen molar-refractivity contribution in [1.82, 2.24) is 4.98 Å². The average Bonchev–Trinajstić information content (AvgIpc) is 2.72. The highest BCUT2D eigenvalue weighted by Crippen LogP contribution is 2.42. The number of hydrogen-bond acceptors (Lipinski definition) is 7. The Kier molecular flexibility index (Phi) is 4.82. The molecule has 0 saturated carbocycles. The van der Waals surface area contributed by atoms with Crippen LogP contribution in [0, 0.1) is 6.92 Å². The summed E-state index contributed by atoms with van der Waals surface area (Å²) in [4.78, 5) is 4.44. The summed E-state index contributed by atoms with van der Waals surface area (Å²) in [6, 6.07) is 11.8. The fourth-order valence-corrected chi connectivity index (χ4v) is 3.90. The van der Waals surface area contributed by atoms with Gasteiger partial charge in [0.1, 0.15) is 24.5 Å². The van der Waals surface area contributed by atoms with E-state index in [1.54, 1.807) is 37.6 Å². The zero-order valence-corrected chi connectivity index (χ0v) is 16.2. The number of nitrogens with zero attached hydrogens (tertiary/aromatic N) is 1. The number of aromatic nitrogens is 1. The molecular formula is C20H19NO6S. The first-order chi connectivity index (χ1) is 13.5. The standard InChI is InChI=1S/C20H19NO6S/c1-13-5-7-15(8-6-13)28(22,23)26-12-14-11-25-18-10-17(24-2)19-16(20(18)27-14)4-3-9-21-19/h3-10,14H,11-12H2,1-2H3/t14-/m1/s1. The van der Waals surface area contributed by atoms with Crippen molar-refractivity contribution in [3.8, 4) is 17.2 Å². The molecule has 0 unspecified atom stereocenters. The van der Waals surface area contributed by atoms with Crippen LogP contribution in [0.1, 0.15) is 5.56 Å². The maximum absolute atomic E-state index is 12.4. The summed E-state index contributed by atoms with van der Waals surface area (Å²) >= 11 is 0. The Labute approximate surface area is 162 Å². The van der Waals surface area contributed by atoms with E-state index < -0.39 is 16.2 Å². The summed E-state index contributed by atoms with van der Waals surface area (Å²) in [5.74, 6) is 1.60. The molecule has 7 nitrogen and oxygen atoms in total. The van der Waals surface area contributed by atoms with Crippen LogP contribution in [0.2, 0.25) is 0 Å². The Hall–Kier alpha value is -2.84. The van der Waals surface area contributed by atoms with Crippen molar-refractivity contribution in [2.24, 2.45) is 0 Å². The molecule has 1 aliphatic heterocycles. The highest BCUT2D eigenvalue weighted by atomic mass is 32.2. The first kappa shape index (κ1) is 18.5. The third-order valence-corrected chi connectivity index (χ3v) is 5.72. The number of benzene rings is 2. The molecule has 0 N–H and O–H groups in total. The number of rotatable bonds is 5. The van der Waals surface area contributed by atoms with Gasteiger partial charge in [-0.3, -0.25) is 9.17 Å². The van der Waals surface area contributed by atoms with E-state index >= 15 is 0 Å². The van der Waals surface area contributed by atoms with E-state index in [0.717, 1.165) is 10.9 Å². The third-order valence-electron chi connectivity index (χ3n) is 4.42. The summed E-state index contributed by atoms with van der Waals surface area (Å²) in [6.45, 7) is 1.88. The van der Waals surface area contributed by atoms with Crippen LogP contribution in [0.5, 0.6) is 17.2 Å². The van der Waals surface area contributed by atoms with Gasteiger partial charge >= 0.3 is 0 Å². The quantitative estimate of drug-likeness (QED) is 0.608. The van der Waals surface area contributed by atoms with Gasteiger partial charge in [0.2, 0.25) is 0 Å². The average molecular weight is 401 g/mol. The molecular weight excluding hydrogens is 382 g/mol. The minimum atomic E-state index is -3.87. The zero-order chi connectivity index (χ0) is 19.7. The maximum Gasteiger partial charge on any atom is 0.297 e. The van der Waals surface area contributed by atoms with Crippen molar-refractivity contribution in [1.29, 1.82) is 0 Å². The maximum atomic E-state index is 12.4. The molecule has 8 heteroatoms. The molecule has 0 fully saturated rings. The van der Waals surface area contributed by atoms with Gasteiger partial charge in [-0.1, -0.05) is 17.7 Å². The molecule has 0 aliphatic carbocycles. The number of pyridine rings is 1. The number of fused-ring (bicyclic) bond motifs is 3. The first-order valence-electron chi connectivity index (χ1n) is 8.69. The number of hydrogen-bond donors (Lipinski definition) is 0. The van der Waals surface area contributed by atoms with Crippen molar-refractivity contribution in [2.75, 3.05) is 20.3 Å². The van der Waals surface area contributed by atoms with Crippen molar-refractivity contribution >= 4 is 21.0 Å². The topological polar surface area (TPSA) is 84.0 Å². The highest BCUT2D eigenvalue weighted by molar-refractivity contribution is 7.86. The van der Waals surface area contributed by atoms with Crippen LogP contribution in [-0.4, -0.2) is 39.8 Å². The first-order valence-corrected chi connectivity index (χ1v) is 10.1. The van der Waals surface area contributed by atoms with E-state index in [0.29, 0.717) is 22.8 Å². The van der Waals surface area contributed by atoms with Crippen molar-refractivity contribution in [3.05, 3.63) is 54.2 Å². The lowest BCUT2D eigenvalue weighted by molar-refractivity contribution is 0.0569. The van der Waals surface area contributed by atoms with Crippen LogP contribution in [0.3, 0.4) is 0 Å². The monoisotopic (exact) mass is 401 g/mol. The van der Waals surface area contributed by atoms with E-state index in [2.05, 4.69) is 4.98 Å². The molecule has 28 heavy (non-hydrogen) atoms. The van der Waals surface area contributed by atoms with E-state index in [1.165, 1.54) is 12.1 Å². The summed E-state index contributed by atoms with van der Waals surface area (Å²) < 4.78 is 47.1. The van der Waals surface area contributed by atoms with Crippen LogP contribution in [0.25, 0.3) is 10.9 Å². The number of methoxy groups -OCH3 is 1. The molecule has 1 aromatic heterocycles. The van der Waals surface area contributed by atoms with Crippen LogP contribution in [0.15, 0.2) is 53.6 Å².